The van der Waals surface area contributed by atoms with Crippen molar-refractivity contribution < 1.29 is 14.3 Å². The zero-order valence-corrected chi connectivity index (χ0v) is 13.7. The van der Waals surface area contributed by atoms with Crippen molar-refractivity contribution in [1.82, 2.24) is 0 Å². The molecule has 0 saturated heterocycles. The second-order valence-corrected chi connectivity index (χ2v) is 6.19. The van der Waals surface area contributed by atoms with Crippen LogP contribution in [0.25, 0.3) is 0 Å². The molecule has 2 aliphatic rings. The Balaban J connectivity index is 1.83. The first-order chi connectivity index (χ1) is 11.6. The number of Topliss-reactive ketones (excluding diaryl/α,β-unsaturated/α-hetero) is 2. The third-order valence-electron chi connectivity index (χ3n) is 4.52. The van der Waals surface area contributed by atoms with Crippen LogP contribution in [-0.2, 0) is 6.42 Å². The van der Waals surface area contributed by atoms with Crippen LogP contribution in [0, 0.1) is 0 Å². The number of rotatable bonds is 1. The SMILES string of the molecule is COc1cccc2c1C(=O)/C(=C1\CCc3c(Cl)cccc3C1=O)N2. The molecule has 0 unspecified atom stereocenters. The molecule has 0 radical (unpaired) electrons. The van der Waals surface area contributed by atoms with E-state index in [1.54, 1.807) is 30.3 Å². The number of ketones is 2. The summed E-state index contributed by atoms with van der Waals surface area (Å²) in [6.07, 6.45) is 1.13. The minimum atomic E-state index is -0.198. The van der Waals surface area contributed by atoms with Gasteiger partial charge in [-0.1, -0.05) is 29.8 Å². The number of allylic oxidation sites excluding steroid dienone is 2. The molecule has 1 heterocycles. The van der Waals surface area contributed by atoms with Gasteiger partial charge in [0.1, 0.15) is 5.75 Å². The molecule has 5 heteroatoms. The highest BCUT2D eigenvalue weighted by atomic mass is 35.5. The summed E-state index contributed by atoms with van der Waals surface area (Å²) in [5, 5.41) is 3.70. The fourth-order valence-electron chi connectivity index (χ4n) is 3.36. The van der Waals surface area contributed by atoms with Gasteiger partial charge in [-0.25, -0.2) is 0 Å². The third-order valence-corrected chi connectivity index (χ3v) is 4.88. The zero-order chi connectivity index (χ0) is 16.8. The number of ether oxygens (including phenoxy) is 1. The normalized spacial score (nSPS) is 18.9. The highest BCUT2D eigenvalue weighted by Gasteiger charge is 2.34. The smallest absolute Gasteiger partial charge is 0.215 e. The number of nitrogens with one attached hydrogen (secondary N) is 1. The molecule has 0 saturated carbocycles. The Labute approximate surface area is 144 Å². The molecule has 0 bridgehead atoms. The van der Waals surface area contributed by atoms with Crippen LogP contribution in [0.3, 0.4) is 0 Å². The van der Waals surface area contributed by atoms with Gasteiger partial charge in [-0.15, -0.1) is 0 Å². The van der Waals surface area contributed by atoms with Gasteiger partial charge in [-0.05, 0) is 36.6 Å². The summed E-state index contributed by atoms with van der Waals surface area (Å²) in [6.45, 7) is 0. The number of benzene rings is 2. The van der Waals surface area contributed by atoms with Gasteiger partial charge < -0.3 is 10.1 Å². The van der Waals surface area contributed by atoms with E-state index in [1.165, 1.54) is 7.11 Å². The summed E-state index contributed by atoms with van der Waals surface area (Å²) in [5.74, 6) is 0.171. The largest absolute Gasteiger partial charge is 0.496 e. The molecular weight excluding hydrogens is 326 g/mol. The molecule has 0 fully saturated rings. The number of methoxy groups -OCH3 is 1. The summed E-state index contributed by atoms with van der Waals surface area (Å²) in [4.78, 5) is 25.7. The topological polar surface area (TPSA) is 55.4 Å². The number of carbonyl (C=O) groups excluding carboxylic acids is 2. The minimum absolute atomic E-state index is 0.138. The Morgan fingerprint density at radius 2 is 1.83 bits per heavy atom. The first-order valence-electron chi connectivity index (χ1n) is 7.65. The average Bonchev–Trinajstić information content (AvgIpc) is 2.93. The van der Waals surface area contributed by atoms with Crippen molar-refractivity contribution in [2.45, 2.75) is 12.8 Å². The van der Waals surface area contributed by atoms with Crippen LogP contribution in [0.2, 0.25) is 5.02 Å². The molecule has 4 nitrogen and oxygen atoms in total. The van der Waals surface area contributed by atoms with Crippen molar-refractivity contribution in [1.29, 1.82) is 0 Å². The first kappa shape index (κ1) is 15.0. The van der Waals surface area contributed by atoms with Gasteiger partial charge >= 0.3 is 0 Å². The van der Waals surface area contributed by atoms with Crippen LogP contribution in [0.1, 0.15) is 32.7 Å². The van der Waals surface area contributed by atoms with Crippen molar-refractivity contribution in [3.8, 4) is 5.75 Å². The van der Waals surface area contributed by atoms with Gasteiger partial charge in [0.05, 0.1) is 24.1 Å². The van der Waals surface area contributed by atoms with Crippen LogP contribution in [-0.4, -0.2) is 18.7 Å². The molecule has 24 heavy (non-hydrogen) atoms. The van der Waals surface area contributed by atoms with Gasteiger partial charge in [0.25, 0.3) is 0 Å². The molecule has 0 aromatic heterocycles. The van der Waals surface area contributed by atoms with Crippen LogP contribution >= 0.6 is 11.6 Å². The maximum absolute atomic E-state index is 12.9. The lowest BCUT2D eigenvalue weighted by molar-refractivity contribution is 0.0995. The highest BCUT2D eigenvalue weighted by Crippen LogP contribution is 2.39. The van der Waals surface area contributed by atoms with Gasteiger partial charge in [-0.2, -0.15) is 0 Å². The monoisotopic (exact) mass is 339 g/mol. The Morgan fingerprint density at radius 1 is 1.04 bits per heavy atom. The number of hydrogen-bond acceptors (Lipinski definition) is 4. The highest BCUT2D eigenvalue weighted by molar-refractivity contribution is 6.32. The van der Waals surface area contributed by atoms with E-state index in [-0.39, 0.29) is 11.6 Å². The molecule has 1 aliphatic carbocycles. The summed E-state index contributed by atoms with van der Waals surface area (Å²) < 4.78 is 5.28. The molecule has 2 aromatic carbocycles. The first-order valence-corrected chi connectivity index (χ1v) is 8.03. The molecule has 1 N–H and O–H groups in total. The zero-order valence-electron chi connectivity index (χ0n) is 13.0. The molecule has 2 aromatic rings. The van der Waals surface area contributed by atoms with E-state index >= 15 is 0 Å². The van der Waals surface area contributed by atoms with E-state index in [0.29, 0.717) is 51.7 Å². The summed E-state index contributed by atoms with van der Waals surface area (Å²) in [6, 6.07) is 10.7. The van der Waals surface area contributed by atoms with E-state index in [1.807, 2.05) is 6.07 Å². The van der Waals surface area contributed by atoms with Crippen molar-refractivity contribution >= 4 is 28.9 Å². The van der Waals surface area contributed by atoms with Crippen LogP contribution in [0.4, 0.5) is 5.69 Å². The number of hydrogen-bond donors (Lipinski definition) is 1. The minimum Gasteiger partial charge on any atom is -0.496 e. The Morgan fingerprint density at radius 3 is 2.62 bits per heavy atom. The molecule has 0 atom stereocenters. The van der Waals surface area contributed by atoms with Crippen LogP contribution < -0.4 is 10.1 Å². The molecule has 0 amide bonds. The van der Waals surface area contributed by atoms with Gasteiger partial charge in [0.2, 0.25) is 5.78 Å². The van der Waals surface area contributed by atoms with E-state index in [9.17, 15) is 9.59 Å². The lowest BCUT2D eigenvalue weighted by Gasteiger charge is -2.19. The maximum atomic E-state index is 12.9. The molecular formula is C19H14ClNO3. The van der Waals surface area contributed by atoms with Crippen molar-refractivity contribution in [3.63, 3.8) is 0 Å². The Kier molecular flexibility index (Phi) is 3.43. The predicted molar refractivity (Wildman–Crippen MR) is 92.1 cm³/mol. The lowest BCUT2D eigenvalue weighted by Crippen LogP contribution is -2.19. The second kappa shape index (κ2) is 5.49. The quantitative estimate of drug-likeness (QED) is 0.797. The van der Waals surface area contributed by atoms with E-state index in [4.69, 9.17) is 16.3 Å². The Hall–Kier alpha value is -2.59. The summed E-state index contributed by atoms with van der Waals surface area (Å²) >= 11 is 6.19. The predicted octanol–water partition coefficient (Wildman–Crippen LogP) is 4.04. The molecule has 4 rings (SSSR count). The van der Waals surface area contributed by atoms with E-state index < -0.39 is 0 Å². The Bertz CT molecular complexity index is 930. The lowest BCUT2D eigenvalue weighted by atomic mass is 9.85. The van der Waals surface area contributed by atoms with Gasteiger partial charge in [-0.3, -0.25) is 9.59 Å². The molecule has 120 valence electrons. The van der Waals surface area contributed by atoms with Crippen LogP contribution in [0.5, 0.6) is 5.75 Å². The number of fused-ring (bicyclic) bond motifs is 2. The van der Waals surface area contributed by atoms with E-state index in [2.05, 4.69) is 5.32 Å². The molecule has 1 aliphatic heterocycles. The van der Waals surface area contributed by atoms with Gasteiger partial charge in [0.15, 0.2) is 5.78 Å². The number of halogens is 1. The third kappa shape index (κ3) is 2.07. The fourth-order valence-corrected chi connectivity index (χ4v) is 3.63. The number of carbonyl (C=O) groups is 2. The van der Waals surface area contributed by atoms with E-state index in [0.717, 1.165) is 5.56 Å². The summed E-state index contributed by atoms with van der Waals surface area (Å²) in [7, 11) is 1.53. The second-order valence-electron chi connectivity index (χ2n) is 5.79. The summed E-state index contributed by atoms with van der Waals surface area (Å²) in [5.41, 5.74) is 3.44. The van der Waals surface area contributed by atoms with Crippen molar-refractivity contribution in [2.24, 2.45) is 0 Å². The molecule has 0 spiro atoms. The van der Waals surface area contributed by atoms with Crippen molar-refractivity contribution in [3.05, 3.63) is 69.4 Å². The van der Waals surface area contributed by atoms with Gasteiger partial charge in [0, 0.05) is 16.2 Å². The van der Waals surface area contributed by atoms with Crippen molar-refractivity contribution in [2.75, 3.05) is 12.4 Å². The average molecular weight is 340 g/mol. The maximum Gasteiger partial charge on any atom is 0.215 e. The number of anilines is 1. The fraction of sp³-hybridized carbons (Fsp3) is 0.158. The standard InChI is InChI=1S/C19H14ClNO3/c1-24-15-7-3-6-14-16(15)19(23)17(21-14)12-9-8-10-11(18(12)22)4-2-5-13(10)20/h2-7,21H,8-9H2,1H3/b17-12-. The van der Waals surface area contributed by atoms with Crippen LogP contribution in [0.15, 0.2) is 47.7 Å².